The van der Waals surface area contributed by atoms with Crippen LogP contribution in [0.3, 0.4) is 0 Å². The molecule has 0 saturated heterocycles. The molecule has 2 aromatic rings. The number of ether oxygens (including phenoxy) is 1. The Morgan fingerprint density at radius 1 is 1.46 bits per heavy atom. The number of nitrogens with one attached hydrogen (secondary N) is 1. The average Bonchev–Trinajstić information content (AvgIpc) is 3.05. The van der Waals surface area contributed by atoms with Crippen LogP contribution in [-0.2, 0) is 24.4 Å². The lowest BCUT2D eigenvalue weighted by molar-refractivity contribution is 0.104. The number of nitrogens with zero attached hydrogens (tertiary/aromatic N) is 3. The molecule has 0 spiro atoms. The normalized spacial score (nSPS) is 16.8. The lowest BCUT2D eigenvalue weighted by Crippen LogP contribution is -2.44. The van der Waals surface area contributed by atoms with Gasteiger partial charge in [0, 0.05) is 26.4 Å². The highest BCUT2D eigenvalue weighted by atomic mass is 16.5. The fourth-order valence-electron chi connectivity index (χ4n) is 2.90. The van der Waals surface area contributed by atoms with Gasteiger partial charge in [0.2, 0.25) is 0 Å². The number of hydrogen-bond acceptors (Lipinski definition) is 4. The van der Waals surface area contributed by atoms with Gasteiger partial charge in [0.25, 0.3) is 0 Å². The van der Waals surface area contributed by atoms with Gasteiger partial charge >= 0.3 is 6.03 Å². The molecular formula is C17H22N4O3. The Bertz CT molecular complexity index is 701. The van der Waals surface area contributed by atoms with Crippen LogP contribution < -0.4 is 5.32 Å². The Balaban J connectivity index is 1.59. The van der Waals surface area contributed by atoms with Crippen molar-refractivity contribution >= 4 is 6.03 Å². The Morgan fingerprint density at radius 2 is 2.29 bits per heavy atom. The molecule has 1 atom stereocenters. The quantitative estimate of drug-likeness (QED) is 0.866. The number of carbonyl (C=O) groups excluding carboxylic acids is 1. The molecule has 0 unspecified atom stereocenters. The van der Waals surface area contributed by atoms with Crippen LogP contribution in [0.25, 0.3) is 0 Å². The highest BCUT2D eigenvalue weighted by Gasteiger charge is 2.26. The Kier molecular flexibility index (Phi) is 5.12. The van der Waals surface area contributed by atoms with E-state index in [1.165, 1.54) is 0 Å². The third-order valence-electron chi connectivity index (χ3n) is 4.21. The molecule has 3 rings (SSSR count). The topological polar surface area (TPSA) is 79.6 Å². The van der Waals surface area contributed by atoms with Gasteiger partial charge in [-0.15, -0.1) is 0 Å². The van der Waals surface area contributed by atoms with Gasteiger partial charge in [-0.3, -0.25) is 0 Å². The minimum atomic E-state index is -0.645. The van der Waals surface area contributed by atoms with Crippen LogP contribution in [0, 0.1) is 0 Å². The maximum absolute atomic E-state index is 12.4. The van der Waals surface area contributed by atoms with Crippen molar-refractivity contribution in [2.45, 2.75) is 25.7 Å². The van der Waals surface area contributed by atoms with Crippen molar-refractivity contribution in [2.24, 2.45) is 0 Å². The van der Waals surface area contributed by atoms with Crippen LogP contribution in [0.5, 0.6) is 0 Å². The summed E-state index contributed by atoms with van der Waals surface area (Å²) < 4.78 is 7.01. The van der Waals surface area contributed by atoms with Crippen molar-refractivity contribution < 1.29 is 14.6 Å². The molecule has 0 aliphatic carbocycles. The van der Waals surface area contributed by atoms with E-state index in [2.05, 4.69) is 10.3 Å². The number of aliphatic hydroxyl groups is 1. The fourth-order valence-corrected chi connectivity index (χ4v) is 2.90. The monoisotopic (exact) mass is 330 g/mol. The summed E-state index contributed by atoms with van der Waals surface area (Å²) in [6.45, 7) is 2.47. The predicted molar refractivity (Wildman–Crippen MR) is 88.2 cm³/mol. The highest BCUT2D eigenvalue weighted by molar-refractivity contribution is 5.74. The number of imidazole rings is 1. The molecule has 2 N–H and O–H groups in total. The average molecular weight is 330 g/mol. The van der Waals surface area contributed by atoms with Crippen molar-refractivity contribution in [1.82, 2.24) is 19.8 Å². The van der Waals surface area contributed by atoms with Crippen molar-refractivity contribution in [3.05, 3.63) is 53.6 Å². The number of aliphatic hydroxyl groups excluding tert-OH is 1. The van der Waals surface area contributed by atoms with E-state index in [4.69, 9.17) is 4.74 Å². The van der Waals surface area contributed by atoms with Crippen molar-refractivity contribution in [3.63, 3.8) is 0 Å². The minimum Gasteiger partial charge on any atom is -0.387 e. The molecule has 1 aromatic carbocycles. The number of carbonyl (C=O) groups is 1. The van der Waals surface area contributed by atoms with Crippen molar-refractivity contribution in [1.29, 1.82) is 0 Å². The molecule has 0 saturated carbocycles. The van der Waals surface area contributed by atoms with E-state index in [0.717, 1.165) is 16.8 Å². The van der Waals surface area contributed by atoms with E-state index in [-0.39, 0.29) is 6.03 Å². The fraction of sp³-hybridized carbons (Fsp3) is 0.412. The second kappa shape index (κ2) is 7.46. The summed E-state index contributed by atoms with van der Waals surface area (Å²) in [5, 5.41) is 13.1. The Hall–Kier alpha value is -2.38. The second-order valence-corrected chi connectivity index (χ2v) is 5.83. The summed E-state index contributed by atoms with van der Waals surface area (Å²) in [7, 11) is 1.65. The molecule has 7 heteroatoms. The van der Waals surface area contributed by atoms with E-state index in [1.54, 1.807) is 24.5 Å². The van der Waals surface area contributed by atoms with Crippen LogP contribution in [0.2, 0.25) is 0 Å². The van der Waals surface area contributed by atoms with Crippen LogP contribution in [0.15, 0.2) is 36.8 Å². The molecule has 2 heterocycles. The van der Waals surface area contributed by atoms with Gasteiger partial charge < -0.3 is 24.6 Å². The van der Waals surface area contributed by atoms with Crippen molar-refractivity contribution in [3.8, 4) is 0 Å². The summed E-state index contributed by atoms with van der Waals surface area (Å²) >= 11 is 0. The predicted octanol–water partition coefficient (Wildman–Crippen LogP) is 1.29. The number of aromatic nitrogens is 2. The molecule has 0 bridgehead atoms. The van der Waals surface area contributed by atoms with E-state index in [1.807, 2.05) is 28.8 Å². The molecule has 2 amide bonds. The van der Waals surface area contributed by atoms with Gasteiger partial charge in [0.05, 0.1) is 37.8 Å². The lowest BCUT2D eigenvalue weighted by Gasteiger charge is -2.32. The zero-order valence-electron chi connectivity index (χ0n) is 13.7. The summed E-state index contributed by atoms with van der Waals surface area (Å²) in [5.74, 6) is 0. The van der Waals surface area contributed by atoms with Gasteiger partial charge in [-0.1, -0.05) is 24.3 Å². The third-order valence-corrected chi connectivity index (χ3v) is 4.21. The number of hydrogen-bond donors (Lipinski definition) is 2. The van der Waals surface area contributed by atoms with E-state index < -0.39 is 6.10 Å². The minimum absolute atomic E-state index is 0.192. The molecular weight excluding hydrogens is 308 g/mol. The molecule has 1 aromatic heterocycles. The number of rotatable bonds is 5. The Labute approximate surface area is 140 Å². The number of methoxy groups -OCH3 is 1. The molecule has 24 heavy (non-hydrogen) atoms. The molecule has 128 valence electrons. The molecule has 0 fully saturated rings. The van der Waals surface area contributed by atoms with Gasteiger partial charge in [0.15, 0.2) is 0 Å². The summed E-state index contributed by atoms with van der Waals surface area (Å²) in [6.07, 6.45) is 2.81. The lowest BCUT2D eigenvalue weighted by atomic mass is 9.98. The molecule has 1 aliphatic heterocycles. The smallest absolute Gasteiger partial charge is 0.318 e. The van der Waals surface area contributed by atoms with Crippen LogP contribution >= 0.6 is 0 Å². The number of β-amino-alcohol motifs (C(OH)–C–C–N with tert-alkyl or cyclic N) is 1. The number of amides is 2. The summed E-state index contributed by atoms with van der Waals surface area (Å²) in [4.78, 5) is 18.2. The maximum Gasteiger partial charge on any atom is 0.318 e. The standard InChI is InChI=1S/C17H22N4O3/c1-24-7-6-20-12-18-8-14(20)9-19-17(23)21-10-13-4-2-3-5-15(13)16(22)11-21/h2-5,8,12,16,22H,6-7,9-11H2,1H3,(H,19,23)/t16-/m1/s1. The maximum atomic E-state index is 12.4. The number of urea groups is 1. The largest absolute Gasteiger partial charge is 0.387 e. The number of benzene rings is 1. The zero-order valence-corrected chi connectivity index (χ0v) is 13.7. The summed E-state index contributed by atoms with van der Waals surface area (Å²) in [5.41, 5.74) is 2.80. The van der Waals surface area contributed by atoms with E-state index in [9.17, 15) is 9.90 Å². The number of fused-ring (bicyclic) bond motifs is 1. The van der Waals surface area contributed by atoms with Crippen molar-refractivity contribution in [2.75, 3.05) is 20.3 Å². The first kappa shape index (κ1) is 16.5. The first-order valence-electron chi connectivity index (χ1n) is 7.95. The van der Waals surface area contributed by atoms with Crippen LogP contribution in [0.4, 0.5) is 4.79 Å². The van der Waals surface area contributed by atoms with Gasteiger partial charge in [-0.25, -0.2) is 9.78 Å². The van der Waals surface area contributed by atoms with Crippen LogP contribution in [-0.4, -0.2) is 45.9 Å². The first-order chi connectivity index (χ1) is 11.7. The van der Waals surface area contributed by atoms with E-state index in [0.29, 0.717) is 32.8 Å². The SMILES string of the molecule is COCCn1cncc1CNC(=O)N1Cc2ccccc2[C@H](O)C1. The van der Waals surface area contributed by atoms with Gasteiger partial charge in [-0.05, 0) is 11.1 Å². The van der Waals surface area contributed by atoms with E-state index >= 15 is 0 Å². The summed E-state index contributed by atoms with van der Waals surface area (Å²) in [6, 6.07) is 7.48. The second-order valence-electron chi connectivity index (χ2n) is 5.83. The zero-order chi connectivity index (χ0) is 16.9. The van der Waals surface area contributed by atoms with Crippen LogP contribution in [0.1, 0.15) is 22.9 Å². The molecule has 0 radical (unpaired) electrons. The van der Waals surface area contributed by atoms with Gasteiger partial charge in [0.1, 0.15) is 0 Å². The molecule has 1 aliphatic rings. The highest BCUT2D eigenvalue weighted by Crippen LogP contribution is 2.26. The third kappa shape index (κ3) is 3.58. The first-order valence-corrected chi connectivity index (χ1v) is 7.95. The van der Waals surface area contributed by atoms with Gasteiger partial charge in [-0.2, -0.15) is 0 Å². The Morgan fingerprint density at radius 3 is 3.12 bits per heavy atom. The molecule has 7 nitrogen and oxygen atoms in total.